The Morgan fingerprint density at radius 1 is 0.850 bits per heavy atom. The highest BCUT2D eigenvalue weighted by atomic mass is 79.9. The molecule has 0 amide bonds. The third-order valence-electron chi connectivity index (χ3n) is 3.50. The van der Waals surface area contributed by atoms with E-state index in [0.717, 1.165) is 21.4 Å². The highest BCUT2D eigenvalue weighted by molar-refractivity contribution is 9.10. The first-order valence-electron chi connectivity index (χ1n) is 6.44. The summed E-state index contributed by atoms with van der Waals surface area (Å²) in [7, 11) is 0. The lowest BCUT2D eigenvalue weighted by Crippen LogP contribution is -1.91. The van der Waals surface area contributed by atoms with Crippen molar-refractivity contribution in [3.05, 3.63) is 71.3 Å². The van der Waals surface area contributed by atoms with Crippen molar-refractivity contribution in [2.75, 3.05) is 0 Å². The Morgan fingerprint density at radius 2 is 1.65 bits per heavy atom. The van der Waals surface area contributed by atoms with Crippen molar-refractivity contribution in [1.29, 1.82) is 0 Å². The summed E-state index contributed by atoms with van der Waals surface area (Å²) in [6.45, 7) is 0. The van der Waals surface area contributed by atoms with Crippen molar-refractivity contribution >= 4 is 32.3 Å². The van der Waals surface area contributed by atoms with Crippen molar-refractivity contribution in [3.63, 3.8) is 0 Å². The van der Waals surface area contributed by atoms with Gasteiger partial charge in [-0.15, -0.1) is 0 Å². The van der Waals surface area contributed by atoms with Crippen LogP contribution in [0, 0.1) is 0 Å². The standard InChI is InChI=1S/C17H11BrN2/c18-14-8-5-13(6-9-14)17-19-11-15-10-7-12-3-1-2-4-16(12)20(15)17/h1-11H. The zero-order valence-corrected chi connectivity index (χ0v) is 12.2. The van der Waals surface area contributed by atoms with Crippen molar-refractivity contribution < 1.29 is 0 Å². The molecule has 20 heavy (non-hydrogen) atoms. The molecule has 4 rings (SSSR count). The number of hydrogen-bond acceptors (Lipinski definition) is 1. The lowest BCUT2D eigenvalue weighted by Gasteiger charge is -2.06. The van der Waals surface area contributed by atoms with Crippen LogP contribution in [-0.4, -0.2) is 9.38 Å². The number of imidazole rings is 1. The van der Waals surface area contributed by atoms with Crippen LogP contribution in [0.5, 0.6) is 0 Å². The molecule has 0 unspecified atom stereocenters. The molecule has 0 spiro atoms. The minimum Gasteiger partial charge on any atom is -0.292 e. The van der Waals surface area contributed by atoms with Crippen LogP contribution in [0.2, 0.25) is 0 Å². The molecule has 2 aromatic heterocycles. The second-order valence-corrected chi connectivity index (χ2v) is 5.66. The van der Waals surface area contributed by atoms with Gasteiger partial charge in [-0.25, -0.2) is 4.98 Å². The van der Waals surface area contributed by atoms with Gasteiger partial charge in [0.15, 0.2) is 0 Å². The van der Waals surface area contributed by atoms with Crippen LogP contribution < -0.4 is 0 Å². The fraction of sp³-hybridized carbons (Fsp3) is 0. The zero-order valence-electron chi connectivity index (χ0n) is 10.6. The molecular weight excluding hydrogens is 312 g/mol. The summed E-state index contributed by atoms with van der Waals surface area (Å²) in [5.74, 6) is 0.976. The van der Waals surface area contributed by atoms with Gasteiger partial charge in [-0.05, 0) is 29.7 Å². The summed E-state index contributed by atoms with van der Waals surface area (Å²) in [5.41, 5.74) is 3.41. The van der Waals surface area contributed by atoms with Gasteiger partial charge >= 0.3 is 0 Å². The molecule has 3 heteroatoms. The summed E-state index contributed by atoms with van der Waals surface area (Å²) in [6.07, 6.45) is 1.92. The van der Waals surface area contributed by atoms with Crippen LogP contribution >= 0.6 is 15.9 Å². The number of fused-ring (bicyclic) bond motifs is 3. The maximum atomic E-state index is 4.59. The smallest absolute Gasteiger partial charge is 0.144 e. The number of nitrogens with zero attached hydrogens (tertiary/aromatic N) is 2. The van der Waals surface area contributed by atoms with E-state index in [1.165, 1.54) is 10.9 Å². The van der Waals surface area contributed by atoms with Crippen LogP contribution in [0.25, 0.3) is 27.8 Å². The van der Waals surface area contributed by atoms with E-state index in [1.807, 2.05) is 18.3 Å². The Balaban J connectivity index is 2.09. The first-order valence-corrected chi connectivity index (χ1v) is 7.23. The number of para-hydroxylation sites is 1. The molecule has 0 saturated heterocycles. The lowest BCUT2D eigenvalue weighted by atomic mass is 10.2. The molecule has 0 fully saturated rings. The molecular formula is C17H11BrN2. The minimum absolute atomic E-state index is 0.976. The van der Waals surface area contributed by atoms with Crippen molar-refractivity contribution in [2.24, 2.45) is 0 Å². The van der Waals surface area contributed by atoms with E-state index < -0.39 is 0 Å². The van der Waals surface area contributed by atoms with Gasteiger partial charge in [0.2, 0.25) is 0 Å². The molecule has 0 aliphatic heterocycles. The molecule has 0 saturated carbocycles. The largest absolute Gasteiger partial charge is 0.292 e. The number of pyridine rings is 1. The average molecular weight is 323 g/mol. The van der Waals surface area contributed by atoms with Gasteiger partial charge in [-0.1, -0.05) is 52.3 Å². The normalized spacial score (nSPS) is 11.2. The van der Waals surface area contributed by atoms with E-state index >= 15 is 0 Å². The number of hydrogen-bond donors (Lipinski definition) is 0. The van der Waals surface area contributed by atoms with Gasteiger partial charge < -0.3 is 0 Å². The maximum absolute atomic E-state index is 4.59. The molecule has 0 aliphatic carbocycles. The first-order chi connectivity index (χ1) is 9.83. The summed E-state index contributed by atoms with van der Waals surface area (Å²) in [5, 5.41) is 1.22. The summed E-state index contributed by atoms with van der Waals surface area (Å²) in [6, 6.07) is 20.9. The Hall–Kier alpha value is -2.13. The SMILES string of the molecule is Brc1ccc(-c2ncc3ccc4ccccc4n23)cc1. The van der Waals surface area contributed by atoms with Crippen LogP contribution in [0.1, 0.15) is 0 Å². The van der Waals surface area contributed by atoms with Gasteiger partial charge in [0.05, 0.1) is 17.2 Å². The summed E-state index contributed by atoms with van der Waals surface area (Å²) >= 11 is 3.47. The fourth-order valence-electron chi connectivity index (χ4n) is 2.55. The average Bonchev–Trinajstić information content (AvgIpc) is 2.92. The maximum Gasteiger partial charge on any atom is 0.144 e. The molecule has 0 atom stereocenters. The van der Waals surface area contributed by atoms with Crippen LogP contribution in [0.3, 0.4) is 0 Å². The monoisotopic (exact) mass is 322 g/mol. The predicted molar refractivity (Wildman–Crippen MR) is 85.8 cm³/mol. The second-order valence-electron chi connectivity index (χ2n) is 4.74. The Labute approximate surface area is 124 Å². The zero-order chi connectivity index (χ0) is 13.5. The number of halogens is 1. The van der Waals surface area contributed by atoms with Crippen molar-refractivity contribution in [3.8, 4) is 11.4 Å². The topological polar surface area (TPSA) is 17.3 Å². The molecule has 96 valence electrons. The molecule has 2 heterocycles. The molecule has 2 aromatic carbocycles. The Kier molecular flexibility index (Phi) is 2.60. The first kappa shape index (κ1) is 11.7. The van der Waals surface area contributed by atoms with Crippen LogP contribution in [0.15, 0.2) is 71.3 Å². The number of rotatable bonds is 1. The highest BCUT2D eigenvalue weighted by Gasteiger charge is 2.08. The molecule has 0 aliphatic rings. The van der Waals surface area contributed by atoms with Gasteiger partial charge in [0.25, 0.3) is 0 Å². The summed E-state index contributed by atoms with van der Waals surface area (Å²) in [4.78, 5) is 4.59. The van der Waals surface area contributed by atoms with E-state index in [0.29, 0.717) is 0 Å². The second kappa shape index (κ2) is 4.46. The number of benzene rings is 2. The molecule has 4 aromatic rings. The van der Waals surface area contributed by atoms with E-state index in [9.17, 15) is 0 Å². The molecule has 0 N–H and O–H groups in total. The Morgan fingerprint density at radius 3 is 2.50 bits per heavy atom. The van der Waals surface area contributed by atoms with Crippen LogP contribution in [0.4, 0.5) is 0 Å². The third kappa shape index (κ3) is 1.74. The van der Waals surface area contributed by atoms with Crippen molar-refractivity contribution in [1.82, 2.24) is 9.38 Å². The quantitative estimate of drug-likeness (QED) is 0.486. The van der Waals surface area contributed by atoms with Gasteiger partial charge in [0, 0.05) is 10.0 Å². The van der Waals surface area contributed by atoms with Crippen LogP contribution in [-0.2, 0) is 0 Å². The minimum atomic E-state index is 0.976. The van der Waals surface area contributed by atoms with E-state index in [4.69, 9.17) is 0 Å². The predicted octanol–water partition coefficient (Wildman–Crippen LogP) is 4.92. The van der Waals surface area contributed by atoms with Crippen molar-refractivity contribution in [2.45, 2.75) is 0 Å². The van der Waals surface area contributed by atoms with Gasteiger partial charge in [0.1, 0.15) is 5.82 Å². The summed E-state index contributed by atoms with van der Waals surface area (Å²) < 4.78 is 3.28. The lowest BCUT2D eigenvalue weighted by molar-refractivity contribution is 1.21. The van der Waals surface area contributed by atoms with E-state index in [2.05, 4.69) is 73.8 Å². The molecule has 0 radical (unpaired) electrons. The molecule has 2 nitrogen and oxygen atoms in total. The highest BCUT2D eigenvalue weighted by Crippen LogP contribution is 2.26. The molecule has 0 bridgehead atoms. The van der Waals surface area contributed by atoms with E-state index in [1.54, 1.807) is 0 Å². The van der Waals surface area contributed by atoms with Gasteiger partial charge in [-0.2, -0.15) is 0 Å². The van der Waals surface area contributed by atoms with Gasteiger partial charge in [-0.3, -0.25) is 4.40 Å². The Bertz CT molecular complexity index is 907. The fourth-order valence-corrected chi connectivity index (χ4v) is 2.81. The number of aromatic nitrogens is 2. The van der Waals surface area contributed by atoms with E-state index in [-0.39, 0.29) is 0 Å². The third-order valence-corrected chi connectivity index (χ3v) is 4.03.